The summed E-state index contributed by atoms with van der Waals surface area (Å²) in [4.78, 5) is 8.04. The molecular formula is C22H17F3N6O2. The van der Waals surface area contributed by atoms with Gasteiger partial charge >= 0.3 is 0 Å². The Morgan fingerprint density at radius 3 is 2.79 bits per heavy atom. The number of ether oxygens (including phenoxy) is 2. The Morgan fingerprint density at radius 1 is 1.15 bits per heavy atom. The van der Waals surface area contributed by atoms with Gasteiger partial charge in [-0.15, -0.1) is 10.2 Å². The Hall–Kier alpha value is -3.89. The number of benzene rings is 1. The van der Waals surface area contributed by atoms with Crippen molar-refractivity contribution in [3.8, 4) is 22.6 Å². The summed E-state index contributed by atoms with van der Waals surface area (Å²) in [6.45, 7) is 2.31. The second kappa shape index (κ2) is 7.32. The fourth-order valence-corrected chi connectivity index (χ4v) is 4.44. The first-order chi connectivity index (χ1) is 16.0. The maximum Gasteiger partial charge on any atom is 0.281 e. The van der Waals surface area contributed by atoms with Crippen LogP contribution < -0.4 is 14.8 Å². The molecule has 0 amide bonds. The molecule has 0 bridgehead atoms. The van der Waals surface area contributed by atoms with Gasteiger partial charge in [0.2, 0.25) is 0 Å². The van der Waals surface area contributed by atoms with Gasteiger partial charge in [-0.1, -0.05) is 0 Å². The van der Waals surface area contributed by atoms with Crippen LogP contribution in [-0.2, 0) is 6.54 Å². The molecule has 5 heterocycles. The van der Waals surface area contributed by atoms with Gasteiger partial charge < -0.3 is 14.8 Å². The largest absolute Gasteiger partial charge is 0.493 e. The minimum absolute atomic E-state index is 0.140. The van der Waals surface area contributed by atoms with Gasteiger partial charge in [0.15, 0.2) is 17.2 Å². The first-order valence-electron chi connectivity index (χ1n) is 10.3. The highest BCUT2D eigenvalue weighted by Crippen LogP contribution is 2.42. The normalized spacial score (nSPS) is 16.8. The third kappa shape index (κ3) is 3.06. The molecule has 0 aliphatic carbocycles. The summed E-state index contributed by atoms with van der Waals surface area (Å²) in [7, 11) is 0. The molecule has 0 saturated carbocycles. The first-order valence-corrected chi connectivity index (χ1v) is 10.3. The number of halogens is 3. The zero-order valence-electron chi connectivity index (χ0n) is 17.3. The quantitative estimate of drug-likeness (QED) is 0.489. The maximum atomic E-state index is 14.7. The van der Waals surface area contributed by atoms with Crippen molar-refractivity contribution < 1.29 is 22.6 Å². The fraction of sp³-hybridized carbons (Fsp3) is 0.273. The Balaban J connectivity index is 1.53. The van der Waals surface area contributed by atoms with Crippen molar-refractivity contribution >= 4 is 11.5 Å². The smallest absolute Gasteiger partial charge is 0.281 e. The molecule has 1 aromatic carbocycles. The first kappa shape index (κ1) is 19.8. The van der Waals surface area contributed by atoms with Crippen LogP contribution in [0.15, 0.2) is 30.7 Å². The molecule has 8 nitrogen and oxygen atoms in total. The van der Waals surface area contributed by atoms with E-state index in [-0.39, 0.29) is 36.3 Å². The average Bonchev–Trinajstić information content (AvgIpc) is 3.45. The summed E-state index contributed by atoms with van der Waals surface area (Å²) in [5.74, 6) is 1.25. The van der Waals surface area contributed by atoms with E-state index in [0.717, 1.165) is 5.56 Å². The molecule has 11 heteroatoms. The Bertz CT molecular complexity index is 1410. The number of anilines is 1. The lowest BCUT2D eigenvalue weighted by atomic mass is 9.96. The van der Waals surface area contributed by atoms with Crippen LogP contribution in [0.25, 0.3) is 16.8 Å². The van der Waals surface area contributed by atoms with Gasteiger partial charge in [0.25, 0.3) is 6.43 Å². The predicted octanol–water partition coefficient (Wildman–Crippen LogP) is 4.05. The molecular weight excluding hydrogens is 437 g/mol. The van der Waals surface area contributed by atoms with E-state index in [2.05, 4.69) is 25.5 Å². The van der Waals surface area contributed by atoms with E-state index in [1.165, 1.54) is 18.6 Å². The monoisotopic (exact) mass is 454 g/mol. The molecule has 0 fully saturated rings. The minimum Gasteiger partial charge on any atom is -0.493 e. The number of fused-ring (bicyclic) bond motifs is 3. The third-order valence-corrected chi connectivity index (χ3v) is 5.95. The van der Waals surface area contributed by atoms with Crippen LogP contribution in [0.4, 0.5) is 19.0 Å². The molecule has 0 saturated heterocycles. The number of pyridine rings is 1. The van der Waals surface area contributed by atoms with Crippen molar-refractivity contribution in [1.82, 2.24) is 24.6 Å². The molecule has 33 heavy (non-hydrogen) atoms. The number of aryl methyl sites for hydroxylation is 1. The van der Waals surface area contributed by atoms with Crippen LogP contribution in [0, 0.1) is 12.7 Å². The van der Waals surface area contributed by atoms with Crippen LogP contribution >= 0.6 is 0 Å². The number of nitrogens with zero attached hydrogens (tertiary/aromatic N) is 5. The summed E-state index contributed by atoms with van der Waals surface area (Å²) in [5, 5.41) is 11.3. The van der Waals surface area contributed by atoms with Crippen LogP contribution in [0.5, 0.6) is 11.5 Å². The summed E-state index contributed by atoms with van der Waals surface area (Å²) < 4.78 is 55.8. The molecule has 0 radical (unpaired) electrons. The van der Waals surface area contributed by atoms with Crippen LogP contribution in [-0.4, -0.2) is 37.8 Å². The van der Waals surface area contributed by atoms with E-state index in [1.807, 2.05) is 0 Å². The number of aromatic nitrogens is 5. The van der Waals surface area contributed by atoms with Gasteiger partial charge in [-0.25, -0.2) is 23.1 Å². The number of rotatable bonds is 2. The molecule has 2 aliphatic rings. The van der Waals surface area contributed by atoms with Crippen molar-refractivity contribution in [3.63, 3.8) is 0 Å². The fourth-order valence-electron chi connectivity index (χ4n) is 4.44. The van der Waals surface area contributed by atoms with Crippen molar-refractivity contribution in [2.24, 2.45) is 0 Å². The van der Waals surface area contributed by atoms with Gasteiger partial charge in [0, 0.05) is 35.0 Å². The molecule has 168 valence electrons. The zero-order valence-corrected chi connectivity index (χ0v) is 17.3. The Kier molecular flexibility index (Phi) is 4.39. The van der Waals surface area contributed by atoms with Gasteiger partial charge in [0.1, 0.15) is 29.4 Å². The molecule has 3 aromatic heterocycles. The average molecular weight is 454 g/mol. The van der Waals surface area contributed by atoms with Crippen molar-refractivity contribution in [2.75, 3.05) is 18.5 Å². The van der Waals surface area contributed by atoms with E-state index in [4.69, 9.17) is 9.47 Å². The number of nitrogens with one attached hydrogen (secondary N) is 1. The molecule has 0 unspecified atom stereocenters. The van der Waals surface area contributed by atoms with E-state index < -0.39 is 12.1 Å². The molecule has 4 aromatic rings. The minimum atomic E-state index is -2.81. The number of hydrogen-bond acceptors (Lipinski definition) is 7. The highest BCUT2D eigenvalue weighted by molar-refractivity contribution is 5.82. The van der Waals surface area contributed by atoms with E-state index in [0.29, 0.717) is 40.7 Å². The van der Waals surface area contributed by atoms with Crippen LogP contribution in [0.3, 0.4) is 0 Å². The van der Waals surface area contributed by atoms with Crippen molar-refractivity contribution in [2.45, 2.75) is 25.8 Å². The van der Waals surface area contributed by atoms with Crippen LogP contribution in [0.1, 0.15) is 35.0 Å². The molecule has 1 N–H and O–H groups in total. The standard InChI is InChI=1S/C22H17F3N6O2/c1-10-26-5-13(19(29-10)20(24)25)12-4-17-22(31-9-28-30-21(12)31)27-6-14-15(23)2-3-16-18(14)11(7-32-16)8-33-17/h2-5,9,11,20,27H,6-8H2,1H3/t11-/m1/s1. The number of alkyl halides is 2. The predicted molar refractivity (Wildman–Crippen MR) is 111 cm³/mol. The highest BCUT2D eigenvalue weighted by atomic mass is 19.3. The maximum absolute atomic E-state index is 14.7. The van der Waals surface area contributed by atoms with E-state index in [1.54, 1.807) is 23.5 Å². The van der Waals surface area contributed by atoms with Gasteiger partial charge in [-0.05, 0) is 25.1 Å². The Labute approximate surface area is 185 Å². The summed E-state index contributed by atoms with van der Waals surface area (Å²) in [6, 6.07) is 4.63. The topological polar surface area (TPSA) is 86.5 Å². The number of hydrogen-bond donors (Lipinski definition) is 1. The SMILES string of the molecule is Cc1ncc(-c2cc3c(n4cnnc24)NCc2c(F)ccc4c2[C@H](CO4)CO3)c(C(F)F)n1. The van der Waals surface area contributed by atoms with Crippen LogP contribution in [0.2, 0.25) is 0 Å². The van der Waals surface area contributed by atoms with Gasteiger partial charge in [0.05, 0.1) is 19.1 Å². The zero-order chi connectivity index (χ0) is 22.7. The highest BCUT2D eigenvalue weighted by Gasteiger charge is 2.32. The lowest BCUT2D eigenvalue weighted by Crippen LogP contribution is -2.13. The molecule has 2 aliphatic heterocycles. The summed E-state index contributed by atoms with van der Waals surface area (Å²) >= 11 is 0. The van der Waals surface area contributed by atoms with E-state index >= 15 is 0 Å². The second-order valence-corrected chi connectivity index (χ2v) is 7.92. The lowest BCUT2D eigenvalue weighted by molar-refractivity contribution is 0.146. The van der Waals surface area contributed by atoms with Gasteiger partial charge in [-0.2, -0.15) is 0 Å². The van der Waals surface area contributed by atoms with Crippen molar-refractivity contribution in [1.29, 1.82) is 0 Å². The molecule has 0 spiro atoms. The second-order valence-electron chi connectivity index (χ2n) is 7.92. The summed E-state index contributed by atoms with van der Waals surface area (Å²) in [5.41, 5.74) is 1.70. The third-order valence-electron chi connectivity index (χ3n) is 5.95. The molecule has 6 rings (SSSR count). The van der Waals surface area contributed by atoms with Crippen molar-refractivity contribution in [3.05, 3.63) is 59.2 Å². The van der Waals surface area contributed by atoms with Gasteiger partial charge in [-0.3, -0.25) is 4.40 Å². The lowest BCUT2D eigenvalue weighted by Gasteiger charge is -2.17. The summed E-state index contributed by atoms with van der Waals surface area (Å²) in [6.07, 6.45) is -0.00525. The van der Waals surface area contributed by atoms with E-state index in [9.17, 15) is 13.2 Å². The Morgan fingerprint density at radius 2 is 1.97 bits per heavy atom. The molecule has 1 atom stereocenters.